The van der Waals surface area contributed by atoms with E-state index in [2.05, 4.69) is 4.98 Å². The first kappa shape index (κ1) is 18.0. The zero-order valence-corrected chi connectivity index (χ0v) is 15.6. The summed E-state index contributed by atoms with van der Waals surface area (Å²) in [6.45, 7) is 0.366. The Balaban J connectivity index is 1.84. The van der Waals surface area contributed by atoms with E-state index in [9.17, 15) is 4.79 Å². The van der Waals surface area contributed by atoms with Gasteiger partial charge in [-0.15, -0.1) is 0 Å². The molecule has 1 aromatic heterocycles. The average molecular weight is 371 g/mol. The molecule has 3 aromatic rings. The van der Waals surface area contributed by atoms with Crippen LogP contribution in [-0.4, -0.2) is 37.1 Å². The van der Waals surface area contributed by atoms with E-state index < -0.39 is 0 Å². The zero-order valence-electron chi connectivity index (χ0n) is 14.8. The summed E-state index contributed by atoms with van der Waals surface area (Å²) in [7, 11) is 4.93. The average Bonchev–Trinajstić information content (AvgIpc) is 2.66. The molecule has 5 nitrogen and oxygen atoms in total. The monoisotopic (exact) mass is 370 g/mol. The maximum atomic E-state index is 12.8. The molecule has 134 valence electrons. The van der Waals surface area contributed by atoms with Gasteiger partial charge in [0, 0.05) is 29.6 Å². The van der Waals surface area contributed by atoms with E-state index in [1.165, 1.54) is 0 Å². The Labute approximate surface area is 157 Å². The van der Waals surface area contributed by atoms with E-state index in [0.717, 1.165) is 22.2 Å². The summed E-state index contributed by atoms with van der Waals surface area (Å²) in [4.78, 5) is 18.8. The molecule has 26 heavy (non-hydrogen) atoms. The second kappa shape index (κ2) is 7.62. The largest absolute Gasteiger partial charge is 0.497 e. The summed E-state index contributed by atoms with van der Waals surface area (Å²) in [5.74, 6) is 1.26. The fourth-order valence-electron chi connectivity index (χ4n) is 2.74. The number of benzene rings is 2. The van der Waals surface area contributed by atoms with E-state index in [-0.39, 0.29) is 5.91 Å². The van der Waals surface area contributed by atoms with Crippen molar-refractivity contribution in [2.24, 2.45) is 0 Å². The Morgan fingerprint density at radius 1 is 1.08 bits per heavy atom. The Bertz CT molecular complexity index is 959. The molecule has 0 fully saturated rings. The second-order valence-corrected chi connectivity index (χ2v) is 6.31. The first-order valence-corrected chi connectivity index (χ1v) is 8.42. The number of fused-ring (bicyclic) bond motifs is 1. The molecule has 0 bridgehead atoms. The van der Waals surface area contributed by atoms with Crippen LogP contribution in [0.1, 0.15) is 16.1 Å². The molecule has 3 rings (SSSR count). The molecule has 0 N–H and O–H groups in total. The molecule has 0 aliphatic rings. The zero-order chi connectivity index (χ0) is 18.7. The summed E-state index contributed by atoms with van der Waals surface area (Å²) < 4.78 is 10.6. The highest BCUT2D eigenvalue weighted by molar-refractivity contribution is 6.30. The lowest BCUT2D eigenvalue weighted by molar-refractivity contribution is 0.0779. The summed E-state index contributed by atoms with van der Waals surface area (Å²) >= 11 is 6.06. The van der Waals surface area contributed by atoms with Crippen LogP contribution in [0.15, 0.2) is 48.5 Å². The van der Waals surface area contributed by atoms with Gasteiger partial charge in [-0.3, -0.25) is 4.79 Å². The summed E-state index contributed by atoms with van der Waals surface area (Å²) in [6, 6.07) is 14.5. The highest BCUT2D eigenvalue weighted by Gasteiger charge is 2.16. The van der Waals surface area contributed by atoms with E-state index in [4.69, 9.17) is 21.1 Å². The van der Waals surface area contributed by atoms with Crippen LogP contribution in [-0.2, 0) is 6.54 Å². The number of hydrogen-bond donors (Lipinski definition) is 0. The Morgan fingerprint density at radius 3 is 2.62 bits per heavy atom. The fraction of sp³-hybridized carbons (Fsp3) is 0.200. The lowest BCUT2D eigenvalue weighted by Crippen LogP contribution is -2.27. The predicted octanol–water partition coefficient (Wildman–Crippen LogP) is 4.18. The van der Waals surface area contributed by atoms with Crippen molar-refractivity contribution in [2.75, 3.05) is 21.3 Å². The maximum Gasteiger partial charge on any atom is 0.272 e. The number of aromatic nitrogens is 1. The number of rotatable bonds is 5. The predicted molar refractivity (Wildman–Crippen MR) is 102 cm³/mol. The standard InChI is InChI=1S/C20H19ClN2O3/c1-23(12-14-10-15(21)5-9-19(14)26-3)20(24)18-7-4-13-11-16(25-2)6-8-17(13)22-18/h4-11H,12H2,1-3H3. The van der Waals surface area contributed by atoms with Crippen LogP contribution in [0.3, 0.4) is 0 Å². The van der Waals surface area contributed by atoms with Crippen LogP contribution >= 0.6 is 11.6 Å². The van der Waals surface area contributed by atoms with Crippen molar-refractivity contribution in [3.05, 3.63) is 64.8 Å². The number of hydrogen-bond acceptors (Lipinski definition) is 4. The molecule has 0 spiro atoms. The minimum absolute atomic E-state index is 0.176. The van der Waals surface area contributed by atoms with E-state index in [1.807, 2.05) is 24.3 Å². The van der Waals surface area contributed by atoms with Gasteiger partial charge in [-0.05, 0) is 42.5 Å². The van der Waals surface area contributed by atoms with Crippen LogP contribution in [0.2, 0.25) is 5.02 Å². The quantitative estimate of drug-likeness (QED) is 0.676. The molecule has 0 saturated carbocycles. The topological polar surface area (TPSA) is 51.7 Å². The van der Waals surface area contributed by atoms with Crippen molar-refractivity contribution in [3.8, 4) is 11.5 Å². The number of carbonyl (C=O) groups is 1. The highest BCUT2D eigenvalue weighted by Crippen LogP contribution is 2.24. The molecular formula is C20H19ClN2O3. The Kier molecular flexibility index (Phi) is 5.28. The van der Waals surface area contributed by atoms with Crippen molar-refractivity contribution in [1.82, 2.24) is 9.88 Å². The number of methoxy groups -OCH3 is 2. The smallest absolute Gasteiger partial charge is 0.272 e. The Hall–Kier alpha value is -2.79. The number of ether oxygens (including phenoxy) is 2. The van der Waals surface area contributed by atoms with Gasteiger partial charge in [-0.2, -0.15) is 0 Å². The number of carbonyl (C=O) groups excluding carboxylic acids is 1. The molecule has 0 atom stereocenters. The molecule has 1 amide bonds. The minimum atomic E-state index is -0.176. The van der Waals surface area contributed by atoms with Crippen LogP contribution in [0.4, 0.5) is 0 Å². The molecule has 0 aliphatic heterocycles. The van der Waals surface area contributed by atoms with Crippen molar-refractivity contribution in [2.45, 2.75) is 6.54 Å². The molecule has 0 radical (unpaired) electrons. The lowest BCUT2D eigenvalue weighted by atomic mass is 10.1. The second-order valence-electron chi connectivity index (χ2n) is 5.87. The van der Waals surface area contributed by atoms with Crippen molar-refractivity contribution in [3.63, 3.8) is 0 Å². The van der Waals surface area contributed by atoms with Crippen LogP contribution in [0, 0.1) is 0 Å². The first-order valence-electron chi connectivity index (χ1n) is 8.04. The minimum Gasteiger partial charge on any atom is -0.497 e. The molecule has 0 unspecified atom stereocenters. The van der Waals surface area contributed by atoms with Crippen LogP contribution in [0.5, 0.6) is 11.5 Å². The highest BCUT2D eigenvalue weighted by atomic mass is 35.5. The van der Waals surface area contributed by atoms with Gasteiger partial charge in [-0.25, -0.2) is 4.98 Å². The van der Waals surface area contributed by atoms with Crippen LogP contribution < -0.4 is 9.47 Å². The number of amides is 1. The third kappa shape index (κ3) is 3.73. The summed E-state index contributed by atoms with van der Waals surface area (Å²) in [5, 5.41) is 1.51. The molecule has 0 saturated heterocycles. The fourth-order valence-corrected chi connectivity index (χ4v) is 2.94. The first-order chi connectivity index (χ1) is 12.5. The van der Waals surface area contributed by atoms with Gasteiger partial charge < -0.3 is 14.4 Å². The van der Waals surface area contributed by atoms with Crippen molar-refractivity contribution >= 4 is 28.4 Å². The van der Waals surface area contributed by atoms with Crippen molar-refractivity contribution in [1.29, 1.82) is 0 Å². The summed E-state index contributed by atoms with van der Waals surface area (Å²) in [6.07, 6.45) is 0. The summed E-state index contributed by atoms with van der Waals surface area (Å²) in [5.41, 5.74) is 1.96. The van der Waals surface area contributed by atoms with Gasteiger partial charge in [0.25, 0.3) is 5.91 Å². The lowest BCUT2D eigenvalue weighted by Gasteiger charge is -2.19. The van der Waals surface area contributed by atoms with Gasteiger partial charge in [0.2, 0.25) is 0 Å². The van der Waals surface area contributed by atoms with E-state index in [1.54, 1.807) is 50.4 Å². The van der Waals surface area contributed by atoms with Crippen LogP contribution in [0.25, 0.3) is 10.9 Å². The van der Waals surface area contributed by atoms with E-state index >= 15 is 0 Å². The number of halogens is 1. The van der Waals surface area contributed by atoms with Gasteiger partial charge in [0.05, 0.1) is 19.7 Å². The third-order valence-corrected chi connectivity index (χ3v) is 4.35. The Morgan fingerprint density at radius 2 is 1.88 bits per heavy atom. The van der Waals surface area contributed by atoms with Gasteiger partial charge in [-0.1, -0.05) is 17.7 Å². The third-order valence-electron chi connectivity index (χ3n) is 4.11. The SMILES string of the molecule is COc1ccc2nc(C(=O)N(C)Cc3cc(Cl)ccc3OC)ccc2c1. The van der Waals surface area contributed by atoms with E-state index in [0.29, 0.717) is 23.0 Å². The molecule has 2 aromatic carbocycles. The van der Waals surface area contributed by atoms with Crippen molar-refractivity contribution < 1.29 is 14.3 Å². The normalized spacial score (nSPS) is 10.6. The molecule has 6 heteroatoms. The van der Waals surface area contributed by atoms with Gasteiger partial charge in [0.15, 0.2) is 0 Å². The van der Waals surface area contributed by atoms with Gasteiger partial charge >= 0.3 is 0 Å². The maximum absolute atomic E-state index is 12.8. The molecule has 0 aliphatic carbocycles. The molecular weight excluding hydrogens is 352 g/mol. The van der Waals surface area contributed by atoms with Gasteiger partial charge in [0.1, 0.15) is 17.2 Å². The molecule has 1 heterocycles. The number of nitrogens with zero attached hydrogens (tertiary/aromatic N) is 2. The number of pyridine rings is 1.